The molecule has 0 N–H and O–H groups in total. The number of aryl methyl sites for hydroxylation is 2. The molecular weight excluding hydrogens is 352 g/mol. The second kappa shape index (κ2) is 7.84. The third-order valence-corrected chi connectivity index (χ3v) is 5.09. The molecule has 0 aliphatic carbocycles. The third kappa shape index (κ3) is 3.76. The molecule has 0 radical (unpaired) electrons. The highest BCUT2D eigenvalue weighted by Gasteiger charge is 2.22. The van der Waals surface area contributed by atoms with E-state index >= 15 is 0 Å². The number of nitrogens with zero attached hydrogens (tertiary/aromatic N) is 4. The number of benzene rings is 2. The van der Waals surface area contributed by atoms with Gasteiger partial charge >= 0.3 is 0 Å². The van der Waals surface area contributed by atoms with Gasteiger partial charge in [0.25, 0.3) is 5.91 Å². The maximum atomic E-state index is 12.7. The summed E-state index contributed by atoms with van der Waals surface area (Å²) >= 11 is 0. The van der Waals surface area contributed by atoms with E-state index in [0.717, 1.165) is 55.0 Å². The zero-order valence-corrected chi connectivity index (χ0v) is 16.3. The Morgan fingerprint density at radius 3 is 2.46 bits per heavy atom. The summed E-state index contributed by atoms with van der Waals surface area (Å²) in [6.45, 7) is 7.08. The van der Waals surface area contributed by atoms with Crippen molar-refractivity contribution in [3.05, 3.63) is 65.5 Å². The number of aromatic nitrogens is 2. The van der Waals surface area contributed by atoms with Crippen LogP contribution in [0.5, 0.6) is 0 Å². The molecule has 0 saturated carbocycles. The molecule has 2 aromatic carbocycles. The van der Waals surface area contributed by atoms with E-state index in [4.69, 9.17) is 4.52 Å². The highest BCUT2D eigenvalue weighted by molar-refractivity contribution is 5.94. The summed E-state index contributed by atoms with van der Waals surface area (Å²) in [6, 6.07) is 16.0. The fraction of sp³-hybridized carbons (Fsp3) is 0.318. The van der Waals surface area contributed by atoms with Gasteiger partial charge in [0.1, 0.15) is 0 Å². The monoisotopic (exact) mass is 376 g/mol. The van der Waals surface area contributed by atoms with Gasteiger partial charge in [-0.15, -0.1) is 0 Å². The number of anilines is 1. The van der Waals surface area contributed by atoms with Crippen molar-refractivity contribution in [2.45, 2.75) is 20.3 Å². The Hall–Kier alpha value is -3.15. The minimum atomic E-state index is 0.113. The van der Waals surface area contributed by atoms with Gasteiger partial charge in [-0.25, -0.2) is 0 Å². The number of hydrogen-bond acceptors (Lipinski definition) is 5. The van der Waals surface area contributed by atoms with E-state index in [0.29, 0.717) is 11.7 Å². The average Bonchev–Trinajstić information content (AvgIpc) is 3.23. The Labute approximate surface area is 164 Å². The summed E-state index contributed by atoms with van der Waals surface area (Å²) in [4.78, 5) is 21.3. The summed E-state index contributed by atoms with van der Waals surface area (Å²) in [6.07, 6.45) is 0.733. The van der Waals surface area contributed by atoms with Crippen molar-refractivity contribution < 1.29 is 9.32 Å². The van der Waals surface area contributed by atoms with Gasteiger partial charge in [-0.05, 0) is 43.3 Å². The van der Waals surface area contributed by atoms with Crippen molar-refractivity contribution in [2.24, 2.45) is 0 Å². The Bertz CT molecular complexity index is 957. The first-order valence-electron chi connectivity index (χ1n) is 9.68. The number of hydrogen-bond donors (Lipinski definition) is 0. The number of amides is 1. The fourth-order valence-corrected chi connectivity index (χ4v) is 3.47. The first-order valence-corrected chi connectivity index (χ1v) is 9.68. The molecule has 1 aliphatic rings. The van der Waals surface area contributed by atoms with E-state index < -0.39 is 0 Å². The lowest BCUT2D eigenvalue weighted by Gasteiger charge is -2.36. The van der Waals surface area contributed by atoms with E-state index in [2.05, 4.69) is 27.2 Å². The van der Waals surface area contributed by atoms with Crippen LogP contribution in [-0.2, 0) is 6.42 Å². The van der Waals surface area contributed by atoms with Gasteiger partial charge in [0.05, 0.1) is 0 Å². The predicted octanol–water partition coefficient (Wildman–Crippen LogP) is 3.57. The van der Waals surface area contributed by atoms with Gasteiger partial charge in [-0.1, -0.05) is 29.8 Å². The second-order valence-electron chi connectivity index (χ2n) is 7.06. The average molecular weight is 376 g/mol. The zero-order chi connectivity index (χ0) is 19.5. The molecule has 6 nitrogen and oxygen atoms in total. The Morgan fingerprint density at radius 1 is 1.07 bits per heavy atom. The topological polar surface area (TPSA) is 62.5 Å². The Balaban J connectivity index is 1.39. The standard InChI is InChI=1S/C22H24N4O2/c1-3-20-23-21(24-28-20)17-7-9-19(10-8-17)25-11-13-26(14-12-25)22(27)18-6-4-5-16(2)15-18/h4-10,15H,3,11-14H2,1-2H3. The van der Waals surface area contributed by atoms with Crippen LogP contribution in [-0.4, -0.2) is 47.1 Å². The van der Waals surface area contributed by atoms with Gasteiger partial charge in [0, 0.05) is 49.4 Å². The molecule has 0 bridgehead atoms. The molecule has 144 valence electrons. The van der Waals surface area contributed by atoms with Crippen LogP contribution in [0.25, 0.3) is 11.4 Å². The van der Waals surface area contributed by atoms with Crippen LogP contribution in [0.1, 0.15) is 28.7 Å². The third-order valence-electron chi connectivity index (χ3n) is 5.09. The van der Waals surface area contributed by atoms with Gasteiger partial charge < -0.3 is 14.3 Å². The number of rotatable bonds is 4. The molecule has 3 aromatic rings. The highest BCUT2D eigenvalue weighted by Crippen LogP contribution is 2.23. The summed E-state index contributed by atoms with van der Waals surface area (Å²) in [5, 5.41) is 4.02. The van der Waals surface area contributed by atoms with Crippen LogP contribution in [0.2, 0.25) is 0 Å². The molecule has 2 heterocycles. The summed E-state index contributed by atoms with van der Waals surface area (Å²) in [5.41, 5.74) is 3.97. The van der Waals surface area contributed by atoms with Crippen LogP contribution in [0.3, 0.4) is 0 Å². The molecule has 0 unspecified atom stereocenters. The summed E-state index contributed by atoms with van der Waals surface area (Å²) in [5.74, 6) is 1.38. The SMILES string of the molecule is CCc1nc(-c2ccc(N3CCN(C(=O)c4cccc(C)c4)CC3)cc2)no1. The molecule has 28 heavy (non-hydrogen) atoms. The lowest BCUT2D eigenvalue weighted by atomic mass is 10.1. The first-order chi connectivity index (χ1) is 13.6. The minimum absolute atomic E-state index is 0.113. The van der Waals surface area contributed by atoms with Gasteiger partial charge in [0.15, 0.2) is 0 Å². The van der Waals surface area contributed by atoms with Crippen molar-refractivity contribution in [1.29, 1.82) is 0 Å². The van der Waals surface area contributed by atoms with Gasteiger partial charge in [-0.3, -0.25) is 4.79 Å². The van der Waals surface area contributed by atoms with Crippen LogP contribution < -0.4 is 4.90 Å². The normalized spacial score (nSPS) is 14.4. The molecule has 1 aliphatic heterocycles. The largest absolute Gasteiger partial charge is 0.368 e. The zero-order valence-electron chi connectivity index (χ0n) is 16.3. The van der Waals surface area contributed by atoms with Crippen LogP contribution in [0.15, 0.2) is 53.1 Å². The molecular formula is C22H24N4O2. The molecule has 4 rings (SSSR count). The number of piperazine rings is 1. The van der Waals surface area contributed by atoms with E-state index in [9.17, 15) is 4.79 Å². The van der Waals surface area contributed by atoms with E-state index in [1.54, 1.807) is 0 Å². The molecule has 1 aromatic heterocycles. The maximum absolute atomic E-state index is 12.7. The molecule has 1 amide bonds. The van der Waals surface area contributed by atoms with Crippen molar-refractivity contribution in [1.82, 2.24) is 15.0 Å². The first kappa shape index (κ1) is 18.2. The van der Waals surface area contributed by atoms with Crippen molar-refractivity contribution in [3.8, 4) is 11.4 Å². The molecule has 0 atom stereocenters. The number of carbonyl (C=O) groups is 1. The highest BCUT2D eigenvalue weighted by atomic mass is 16.5. The van der Waals surface area contributed by atoms with Crippen LogP contribution >= 0.6 is 0 Å². The van der Waals surface area contributed by atoms with Crippen LogP contribution in [0, 0.1) is 6.92 Å². The van der Waals surface area contributed by atoms with Crippen molar-refractivity contribution in [2.75, 3.05) is 31.1 Å². The lowest BCUT2D eigenvalue weighted by Crippen LogP contribution is -2.48. The quantitative estimate of drug-likeness (QED) is 0.697. The van der Waals surface area contributed by atoms with Crippen molar-refractivity contribution >= 4 is 11.6 Å². The molecule has 1 saturated heterocycles. The molecule has 1 fully saturated rings. The van der Waals surface area contributed by atoms with E-state index in [-0.39, 0.29) is 5.91 Å². The second-order valence-corrected chi connectivity index (χ2v) is 7.06. The number of carbonyl (C=O) groups excluding carboxylic acids is 1. The lowest BCUT2D eigenvalue weighted by molar-refractivity contribution is 0.0746. The van der Waals surface area contributed by atoms with E-state index in [1.807, 2.05) is 55.1 Å². The van der Waals surface area contributed by atoms with Crippen molar-refractivity contribution in [3.63, 3.8) is 0 Å². The van der Waals surface area contributed by atoms with Gasteiger partial charge in [0.2, 0.25) is 11.7 Å². The molecule has 6 heteroatoms. The summed E-state index contributed by atoms with van der Waals surface area (Å²) in [7, 11) is 0. The Morgan fingerprint density at radius 2 is 1.82 bits per heavy atom. The summed E-state index contributed by atoms with van der Waals surface area (Å²) < 4.78 is 5.18. The van der Waals surface area contributed by atoms with E-state index in [1.165, 1.54) is 0 Å². The predicted molar refractivity (Wildman–Crippen MR) is 108 cm³/mol. The van der Waals surface area contributed by atoms with Crippen LogP contribution in [0.4, 0.5) is 5.69 Å². The minimum Gasteiger partial charge on any atom is -0.368 e. The fourth-order valence-electron chi connectivity index (χ4n) is 3.47. The Kier molecular flexibility index (Phi) is 5.10. The van der Waals surface area contributed by atoms with Gasteiger partial charge in [-0.2, -0.15) is 4.98 Å². The maximum Gasteiger partial charge on any atom is 0.253 e. The molecule has 0 spiro atoms. The smallest absolute Gasteiger partial charge is 0.253 e.